The molecule has 1 aliphatic heterocycles. The summed E-state index contributed by atoms with van der Waals surface area (Å²) in [7, 11) is 0. The summed E-state index contributed by atoms with van der Waals surface area (Å²) < 4.78 is 1.45. The minimum Gasteiger partial charge on any atom is -0.356 e. The average molecular weight is 372 g/mol. The predicted molar refractivity (Wildman–Crippen MR) is 106 cm³/mol. The van der Waals surface area contributed by atoms with Crippen molar-refractivity contribution in [3.63, 3.8) is 0 Å². The van der Waals surface area contributed by atoms with E-state index in [9.17, 15) is 14.4 Å². The van der Waals surface area contributed by atoms with Gasteiger partial charge in [-0.3, -0.25) is 19.1 Å². The molecule has 2 N–H and O–H groups in total. The highest BCUT2D eigenvalue weighted by Gasteiger charge is 2.15. The van der Waals surface area contributed by atoms with Gasteiger partial charge in [-0.1, -0.05) is 19.1 Å². The van der Waals surface area contributed by atoms with Crippen LogP contribution in [0.5, 0.6) is 0 Å². The second-order valence-corrected chi connectivity index (χ2v) is 7.43. The number of rotatable bonds is 7. The number of carbonyl (C=O) groups excluding carboxylic acids is 1. The molecule has 0 bridgehead atoms. The molecule has 1 aliphatic rings. The zero-order valence-electron chi connectivity index (χ0n) is 15.9. The van der Waals surface area contributed by atoms with Gasteiger partial charge in [0.05, 0.1) is 10.9 Å². The first kappa shape index (κ1) is 19.4. The van der Waals surface area contributed by atoms with Crippen molar-refractivity contribution in [2.24, 2.45) is 5.92 Å². The van der Waals surface area contributed by atoms with E-state index in [-0.39, 0.29) is 18.9 Å². The number of amides is 1. The first-order chi connectivity index (χ1) is 13.0. The number of benzene rings is 1. The number of piperidine rings is 1. The molecular weight excluding hydrogens is 344 g/mol. The van der Waals surface area contributed by atoms with Crippen LogP contribution < -0.4 is 16.6 Å². The molecular formula is C20H28N4O3. The van der Waals surface area contributed by atoms with Gasteiger partial charge in [-0.15, -0.1) is 0 Å². The third-order valence-corrected chi connectivity index (χ3v) is 5.18. The van der Waals surface area contributed by atoms with E-state index in [1.54, 1.807) is 24.3 Å². The summed E-state index contributed by atoms with van der Waals surface area (Å²) in [5.41, 5.74) is -0.327. The lowest BCUT2D eigenvalue weighted by Gasteiger charge is -2.30. The maximum atomic E-state index is 12.1. The summed E-state index contributed by atoms with van der Waals surface area (Å²) in [6.07, 6.45) is 3.71. The molecule has 2 aromatic rings. The van der Waals surface area contributed by atoms with Crippen molar-refractivity contribution >= 4 is 16.8 Å². The Hall–Kier alpha value is -2.41. The van der Waals surface area contributed by atoms with Crippen molar-refractivity contribution < 1.29 is 4.79 Å². The lowest BCUT2D eigenvalue weighted by Crippen LogP contribution is -2.37. The molecule has 0 saturated carbocycles. The van der Waals surface area contributed by atoms with Gasteiger partial charge in [-0.05, 0) is 50.4 Å². The molecule has 1 amide bonds. The van der Waals surface area contributed by atoms with Crippen LogP contribution in [0.1, 0.15) is 32.6 Å². The number of hydrogen-bond donors (Lipinski definition) is 2. The molecule has 2 heterocycles. The third-order valence-electron chi connectivity index (χ3n) is 5.18. The Morgan fingerprint density at radius 1 is 1.26 bits per heavy atom. The molecule has 0 radical (unpaired) electrons. The molecule has 0 spiro atoms. The zero-order valence-corrected chi connectivity index (χ0v) is 15.9. The normalized spacial score (nSPS) is 17.9. The molecule has 1 fully saturated rings. The topological polar surface area (TPSA) is 87.2 Å². The fourth-order valence-corrected chi connectivity index (χ4v) is 3.79. The van der Waals surface area contributed by atoms with E-state index >= 15 is 0 Å². The maximum Gasteiger partial charge on any atom is 0.328 e. The number of aromatic amines is 1. The minimum absolute atomic E-state index is 0.0795. The Balaban J connectivity index is 1.48. The number of carbonyl (C=O) groups is 1. The largest absolute Gasteiger partial charge is 0.356 e. The number of aryl methyl sites for hydroxylation is 1. The number of likely N-dealkylation sites (tertiary alicyclic amines) is 1. The van der Waals surface area contributed by atoms with Gasteiger partial charge in [-0.25, -0.2) is 4.79 Å². The smallest absolute Gasteiger partial charge is 0.328 e. The highest BCUT2D eigenvalue weighted by atomic mass is 16.2. The Labute approximate surface area is 158 Å². The lowest BCUT2D eigenvalue weighted by atomic mass is 10.0. The highest BCUT2D eigenvalue weighted by molar-refractivity contribution is 5.78. The van der Waals surface area contributed by atoms with Crippen LogP contribution in [0.25, 0.3) is 10.9 Å². The maximum absolute atomic E-state index is 12.1. The summed E-state index contributed by atoms with van der Waals surface area (Å²) in [5, 5.41) is 3.38. The van der Waals surface area contributed by atoms with Gasteiger partial charge in [-0.2, -0.15) is 0 Å². The van der Waals surface area contributed by atoms with Crippen molar-refractivity contribution in [2.45, 2.75) is 39.2 Å². The van der Waals surface area contributed by atoms with Gasteiger partial charge >= 0.3 is 5.69 Å². The summed E-state index contributed by atoms with van der Waals surface area (Å²) in [4.78, 5) is 40.9. The summed E-state index contributed by atoms with van der Waals surface area (Å²) >= 11 is 0. The van der Waals surface area contributed by atoms with Crippen LogP contribution in [0, 0.1) is 5.92 Å². The second kappa shape index (κ2) is 8.99. The number of H-pyrrole nitrogens is 1. The van der Waals surface area contributed by atoms with Crippen LogP contribution in [0.15, 0.2) is 33.9 Å². The standard InChI is InChI=1S/C20H28N4O3/c1-15-6-4-11-23(14-15)12-5-10-21-18(25)9-13-24-17-8-3-2-7-16(17)19(26)22-20(24)27/h2-3,7-8,15H,4-6,9-14H2,1H3,(H,21,25)(H,22,26,27). The van der Waals surface area contributed by atoms with E-state index in [1.807, 2.05) is 0 Å². The van der Waals surface area contributed by atoms with E-state index in [0.29, 0.717) is 17.4 Å². The molecule has 1 saturated heterocycles. The van der Waals surface area contributed by atoms with Crippen molar-refractivity contribution in [2.75, 3.05) is 26.2 Å². The quantitative estimate of drug-likeness (QED) is 0.718. The fourth-order valence-electron chi connectivity index (χ4n) is 3.79. The monoisotopic (exact) mass is 372 g/mol. The third kappa shape index (κ3) is 5.07. The Morgan fingerprint density at radius 2 is 2.07 bits per heavy atom. The van der Waals surface area contributed by atoms with Crippen LogP contribution in [0.3, 0.4) is 0 Å². The number of aromatic nitrogens is 2. The first-order valence-corrected chi connectivity index (χ1v) is 9.75. The molecule has 1 unspecified atom stereocenters. The number of hydrogen-bond acceptors (Lipinski definition) is 4. The minimum atomic E-state index is -0.481. The molecule has 27 heavy (non-hydrogen) atoms. The fraction of sp³-hybridized carbons (Fsp3) is 0.550. The van der Waals surface area contributed by atoms with Gasteiger partial charge in [0.25, 0.3) is 5.56 Å². The Bertz CT molecular complexity index is 902. The molecule has 7 nitrogen and oxygen atoms in total. The number of fused-ring (bicyclic) bond motifs is 1. The SMILES string of the molecule is CC1CCCN(CCCNC(=O)CCn2c(=O)[nH]c(=O)c3ccccc32)C1. The van der Waals surface area contributed by atoms with Crippen LogP contribution in [0.4, 0.5) is 0 Å². The van der Waals surface area contributed by atoms with Crippen LogP contribution >= 0.6 is 0 Å². The number of nitrogens with zero attached hydrogens (tertiary/aromatic N) is 2. The first-order valence-electron chi connectivity index (χ1n) is 9.75. The van der Waals surface area contributed by atoms with Gasteiger partial charge < -0.3 is 10.2 Å². The predicted octanol–water partition coefficient (Wildman–Crippen LogP) is 1.32. The number of para-hydroxylation sites is 1. The summed E-state index contributed by atoms with van der Waals surface area (Å²) in [6.45, 7) is 6.48. The van der Waals surface area contributed by atoms with Crippen LogP contribution in [-0.2, 0) is 11.3 Å². The van der Waals surface area contributed by atoms with E-state index in [4.69, 9.17) is 0 Å². The van der Waals surface area contributed by atoms with Crippen molar-refractivity contribution in [3.8, 4) is 0 Å². The Kier molecular flexibility index (Phi) is 6.45. The van der Waals surface area contributed by atoms with E-state index < -0.39 is 11.2 Å². The van der Waals surface area contributed by atoms with E-state index in [0.717, 1.165) is 32.0 Å². The molecule has 3 rings (SSSR count). The van der Waals surface area contributed by atoms with E-state index in [2.05, 4.69) is 22.1 Å². The molecule has 1 aromatic carbocycles. The molecule has 146 valence electrons. The highest BCUT2D eigenvalue weighted by Crippen LogP contribution is 2.15. The lowest BCUT2D eigenvalue weighted by molar-refractivity contribution is -0.121. The number of nitrogens with one attached hydrogen (secondary N) is 2. The second-order valence-electron chi connectivity index (χ2n) is 7.43. The molecule has 7 heteroatoms. The summed E-state index contributed by atoms with van der Waals surface area (Å²) in [6, 6.07) is 6.93. The molecule has 1 atom stereocenters. The van der Waals surface area contributed by atoms with Gasteiger partial charge in [0.2, 0.25) is 5.91 Å². The van der Waals surface area contributed by atoms with Gasteiger partial charge in [0, 0.05) is 26.1 Å². The van der Waals surface area contributed by atoms with Crippen molar-refractivity contribution in [1.82, 2.24) is 19.8 Å². The Morgan fingerprint density at radius 3 is 2.89 bits per heavy atom. The van der Waals surface area contributed by atoms with Crippen molar-refractivity contribution in [3.05, 3.63) is 45.1 Å². The molecule has 1 aromatic heterocycles. The van der Waals surface area contributed by atoms with Crippen LogP contribution in [0.2, 0.25) is 0 Å². The van der Waals surface area contributed by atoms with Crippen LogP contribution in [-0.4, -0.2) is 46.5 Å². The molecule has 0 aliphatic carbocycles. The average Bonchev–Trinajstić information content (AvgIpc) is 2.65. The van der Waals surface area contributed by atoms with Crippen molar-refractivity contribution in [1.29, 1.82) is 0 Å². The van der Waals surface area contributed by atoms with Gasteiger partial charge in [0.1, 0.15) is 0 Å². The van der Waals surface area contributed by atoms with E-state index in [1.165, 1.54) is 17.4 Å². The summed E-state index contributed by atoms with van der Waals surface area (Å²) in [5.74, 6) is 0.683. The zero-order chi connectivity index (χ0) is 19.2. The van der Waals surface area contributed by atoms with Gasteiger partial charge in [0.15, 0.2) is 0 Å².